The zero-order valence-corrected chi connectivity index (χ0v) is 14.2. The Bertz CT molecular complexity index is 645. The normalized spacial score (nSPS) is 13.9. The molecule has 0 saturated carbocycles. The van der Waals surface area contributed by atoms with E-state index in [0.717, 1.165) is 23.2 Å². The molecule has 0 fully saturated rings. The Morgan fingerprint density at radius 2 is 2.08 bits per heavy atom. The number of benzene rings is 1. The van der Waals surface area contributed by atoms with Crippen LogP contribution in [0.15, 0.2) is 18.2 Å². The Morgan fingerprint density at radius 3 is 2.75 bits per heavy atom. The van der Waals surface area contributed by atoms with Crippen molar-refractivity contribution in [2.75, 3.05) is 18.6 Å². The van der Waals surface area contributed by atoms with Crippen LogP contribution >= 0.6 is 0 Å². The highest BCUT2D eigenvalue weighted by atomic mass is 16.5. The SMILES string of the molecule is CCC(=O)N1CCc2cc(CNC(=O)N[C@H](C)C(=O)OC)ccc21. The molecular weight excluding hydrogens is 310 g/mol. The van der Waals surface area contributed by atoms with Gasteiger partial charge in [0.15, 0.2) is 0 Å². The lowest BCUT2D eigenvalue weighted by atomic mass is 10.1. The Balaban J connectivity index is 1.92. The number of amides is 3. The maximum absolute atomic E-state index is 11.9. The molecule has 0 unspecified atom stereocenters. The van der Waals surface area contributed by atoms with E-state index in [0.29, 0.717) is 19.5 Å². The molecule has 0 radical (unpaired) electrons. The molecule has 130 valence electrons. The predicted molar refractivity (Wildman–Crippen MR) is 89.6 cm³/mol. The summed E-state index contributed by atoms with van der Waals surface area (Å²) in [5, 5.41) is 5.21. The van der Waals surface area contributed by atoms with Gasteiger partial charge in [0.05, 0.1) is 7.11 Å². The number of fused-ring (bicyclic) bond motifs is 1. The van der Waals surface area contributed by atoms with E-state index in [1.165, 1.54) is 7.11 Å². The maximum Gasteiger partial charge on any atom is 0.328 e. The number of carbonyl (C=O) groups is 3. The average Bonchev–Trinajstić information content (AvgIpc) is 3.01. The molecule has 1 aliphatic heterocycles. The van der Waals surface area contributed by atoms with Gasteiger partial charge >= 0.3 is 12.0 Å². The van der Waals surface area contributed by atoms with E-state index in [4.69, 9.17) is 0 Å². The van der Waals surface area contributed by atoms with E-state index < -0.39 is 18.0 Å². The number of rotatable bonds is 5. The number of methoxy groups -OCH3 is 1. The van der Waals surface area contributed by atoms with Gasteiger partial charge in [0.1, 0.15) is 6.04 Å². The van der Waals surface area contributed by atoms with Gasteiger partial charge in [-0.3, -0.25) is 4.79 Å². The van der Waals surface area contributed by atoms with Crippen molar-refractivity contribution < 1.29 is 19.1 Å². The van der Waals surface area contributed by atoms with Gasteiger partial charge < -0.3 is 20.3 Å². The van der Waals surface area contributed by atoms with E-state index in [1.54, 1.807) is 11.8 Å². The molecule has 2 N–H and O–H groups in total. The van der Waals surface area contributed by atoms with Gasteiger partial charge in [-0.1, -0.05) is 19.1 Å². The molecule has 0 aromatic heterocycles. The third-order valence-corrected chi connectivity index (χ3v) is 4.00. The number of nitrogens with one attached hydrogen (secondary N) is 2. The van der Waals surface area contributed by atoms with E-state index in [2.05, 4.69) is 15.4 Å². The van der Waals surface area contributed by atoms with Gasteiger partial charge in [0.25, 0.3) is 0 Å². The van der Waals surface area contributed by atoms with Gasteiger partial charge in [-0.05, 0) is 30.5 Å². The minimum atomic E-state index is -0.705. The largest absolute Gasteiger partial charge is 0.467 e. The average molecular weight is 333 g/mol. The zero-order valence-electron chi connectivity index (χ0n) is 14.2. The highest BCUT2D eigenvalue weighted by Crippen LogP contribution is 2.29. The van der Waals surface area contributed by atoms with Crippen LogP contribution in [0.1, 0.15) is 31.4 Å². The summed E-state index contributed by atoms with van der Waals surface area (Å²) in [4.78, 5) is 36.7. The van der Waals surface area contributed by atoms with Gasteiger partial charge in [0, 0.05) is 25.2 Å². The fourth-order valence-corrected chi connectivity index (χ4v) is 2.68. The van der Waals surface area contributed by atoms with Crippen LogP contribution in [0.25, 0.3) is 0 Å². The van der Waals surface area contributed by atoms with Crippen molar-refractivity contribution >= 4 is 23.6 Å². The molecule has 1 aromatic carbocycles. The zero-order chi connectivity index (χ0) is 17.7. The van der Waals surface area contributed by atoms with Crippen LogP contribution in [-0.4, -0.2) is 37.6 Å². The molecule has 1 aliphatic rings. The molecule has 3 amide bonds. The van der Waals surface area contributed by atoms with Crippen molar-refractivity contribution in [3.05, 3.63) is 29.3 Å². The number of hydrogen-bond donors (Lipinski definition) is 2. The highest BCUT2D eigenvalue weighted by Gasteiger charge is 2.23. The smallest absolute Gasteiger partial charge is 0.328 e. The molecule has 7 heteroatoms. The van der Waals surface area contributed by atoms with Crippen molar-refractivity contribution in [2.24, 2.45) is 0 Å². The molecule has 0 spiro atoms. The fraction of sp³-hybridized carbons (Fsp3) is 0.471. The van der Waals surface area contributed by atoms with Crippen molar-refractivity contribution in [3.8, 4) is 0 Å². The van der Waals surface area contributed by atoms with E-state index >= 15 is 0 Å². The summed E-state index contributed by atoms with van der Waals surface area (Å²) in [6, 6.07) is 4.67. The van der Waals surface area contributed by atoms with Crippen LogP contribution in [0.5, 0.6) is 0 Å². The monoisotopic (exact) mass is 333 g/mol. The molecule has 2 rings (SSSR count). The number of esters is 1. The number of nitrogens with zero attached hydrogens (tertiary/aromatic N) is 1. The molecule has 24 heavy (non-hydrogen) atoms. The summed E-state index contributed by atoms with van der Waals surface area (Å²) in [7, 11) is 1.27. The first-order chi connectivity index (χ1) is 11.5. The van der Waals surface area contributed by atoms with Gasteiger partial charge in [0.2, 0.25) is 5.91 Å². The quantitative estimate of drug-likeness (QED) is 0.796. The lowest BCUT2D eigenvalue weighted by molar-refractivity contribution is -0.142. The molecule has 7 nitrogen and oxygen atoms in total. The maximum atomic E-state index is 11.9. The Kier molecular flexibility index (Phi) is 5.78. The molecule has 0 saturated heterocycles. The molecule has 0 aliphatic carbocycles. The Morgan fingerprint density at radius 1 is 1.33 bits per heavy atom. The summed E-state index contributed by atoms with van der Waals surface area (Å²) in [5.74, 6) is -0.376. The molecule has 0 bridgehead atoms. The van der Waals surface area contributed by atoms with Crippen molar-refractivity contribution in [1.29, 1.82) is 0 Å². The van der Waals surface area contributed by atoms with Crippen LogP contribution < -0.4 is 15.5 Å². The fourth-order valence-electron chi connectivity index (χ4n) is 2.68. The number of anilines is 1. The third kappa shape index (κ3) is 4.04. The molecule has 1 aromatic rings. The summed E-state index contributed by atoms with van der Waals surface area (Å²) in [6.45, 7) is 4.46. The summed E-state index contributed by atoms with van der Waals surface area (Å²) in [6.07, 6.45) is 1.31. The lowest BCUT2D eigenvalue weighted by Crippen LogP contribution is -2.44. The standard InChI is InChI=1S/C17H23N3O4/c1-4-15(21)20-8-7-13-9-12(5-6-14(13)20)10-18-17(23)19-11(2)16(22)24-3/h5-6,9,11H,4,7-8,10H2,1-3H3,(H2,18,19,23)/t11-/m1/s1. The van der Waals surface area contributed by atoms with Crippen LogP contribution in [-0.2, 0) is 27.3 Å². The Hall–Kier alpha value is -2.57. The minimum Gasteiger partial charge on any atom is -0.467 e. The van der Waals surface area contributed by atoms with E-state index in [-0.39, 0.29) is 5.91 Å². The molecule has 1 heterocycles. The van der Waals surface area contributed by atoms with Crippen LogP contribution in [0.2, 0.25) is 0 Å². The van der Waals surface area contributed by atoms with Crippen LogP contribution in [0, 0.1) is 0 Å². The summed E-state index contributed by atoms with van der Waals surface area (Å²) < 4.78 is 4.55. The Labute approximate surface area is 141 Å². The number of ether oxygens (including phenoxy) is 1. The van der Waals surface area contributed by atoms with E-state index in [9.17, 15) is 14.4 Å². The van der Waals surface area contributed by atoms with Crippen molar-refractivity contribution in [2.45, 2.75) is 39.3 Å². The van der Waals surface area contributed by atoms with Gasteiger partial charge in [-0.15, -0.1) is 0 Å². The van der Waals surface area contributed by atoms with Crippen LogP contribution in [0.4, 0.5) is 10.5 Å². The number of urea groups is 1. The van der Waals surface area contributed by atoms with Crippen molar-refractivity contribution in [3.63, 3.8) is 0 Å². The van der Waals surface area contributed by atoms with E-state index in [1.807, 2.05) is 25.1 Å². The second-order valence-electron chi connectivity index (χ2n) is 5.68. The number of hydrogen-bond acceptors (Lipinski definition) is 4. The van der Waals surface area contributed by atoms with Crippen LogP contribution in [0.3, 0.4) is 0 Å². The summed E-state index contributed by atoms with van der Waals surface area (Å²) in [5.41, 5.74) is 3.01. The second-order valence-corrected chi connectivity index (χ2v) is 5.68. The first-order valence-electron chi connectivity index (χ1n) is 8.00. The topological polar surface area (TPSA) is 87.7 Å². The van der Waals surface area contributed by atoms with Gasteiger partial charge in [-0.25, -0.2) is 9.59 Å². The van der Waals surface area contributed by atoms with Gasteiger partial charge in [-0.2, -0.15) is 0 Å². The third-order valence-electron chi connectivity index (χ3n) is 4.00. The highest BCUT2D eigenvalue weighted by molar-refractivity contribution is 5.95. The van der Waals surface area contributed by atoms with Crippen molar-refractivity contribution in [1.82, 2.24) is 10.6 Å². The second kappa shape index (κ2) is 7.81. The number of carbonyl (C=O) groups excluding carboxylic acids is 3. The molecule has 1 atom stereocenters. The first kappa shape index (κ1) is 17.8. The minimum absolute atomic E-state index is 0.121. The lowest BCUT2D eigenvalue weighted by Gasteiger charge is -2.16. The summed E-state index contributed by atoms with van der Waals surface area (Å²) >= 11 is 0. The molecular formula is C17H23N3O4. The predicted octanol–water partition coefficient (Wildman–Crippen LogP) is 1.35. The first-order valence-corrected chi connectivity index (χ1v) is 8.00.